The largest absolute Gasteiger partial charge is 0.497 e. The normalized spacial score (nSPS) is 15.3. The van der Waals surface area contributed by atoms with Gasteiger partial charge in [-0.25, -0.2) is 8.42 Å². The predicted molar refractivity (Wildman–Crippen MR) is 124 cm³/mol. The van der Waals surface area contributed by atoms with Crippen LogP contribution in [-0.2, 0) is 16.6 Å². The first-order valence-corrected chi connectivity index (χ1v) is 12.3. The molecule has 34 heavy (non-hydrogen) atoms. The van der Waals surface area contributed by atoms with Gasteiger partial charge in [0, 0.05) is 32.2 Å². The van der Waals surface area contributed by atoms with Crippen LogP contribution in [0.15, 0.2) is 47.4 Å². The van der Waals surface area contributed by atoms with Gasteiger partial charge in [0.2, 0.25) is 10.0 Å². The Morgan fingerprint density at radius 2 is 1.65 bits per heavy atom. The minimum atomic E-state index is -3.71. The molecular formula is C22H28N6O5S. The minimum Gasteiger partial charge on any atom is -0.497 e. The molecule has 3 aromatic rings. The summed E-state index contributed by atoms with van der Waals surface area (Å²) in [5, 5.41) is 12.1. The second-order valence-electron chi connectivity index (χ2n) is 7.63. The molecule has 0 N–H and O–H groups in total. The number of tetrazole rings is 1. The summed E-state index contributed by atoms with van der Waals surface area (Å²) in [6.07, 6.45) is 0. The quantitative estimate of drug-likeness (QED) is 0.443. The van der Waals surface area contributed by atoms with Gasteiger partial charge in [-0.1, -0.05) is 0 Å². The lowest BCUT2D eigenvalue weighted by molar-refractivity contribution is 0.177. The minimum absolute atomic E-state index is 0.128. The number of sulfonamides is 1. The van der Waals surface area contributed by atoms with Crippen LogP contribution in [0.1, 0.15) is 12.7 Å². The number of benzene rings is 2. The summed E-state index contributed by atoms with van der Waals surface area (Å²) in [6.45, 7) is 4.83. The molecule has 0 spiro atoms. The van der Waals surface area contributed by atoms with Crippen molar-refractivity contribution in [3.63, 3.8) is 0 Å². The summed E-state index contributed by atoms with van der Waals surface area (Å²) in [4.78, 5) is 2.26. The zero-order chi connectivity index (χ0) is 24.1. The van der Waals surface area contributed by atoms with Crippen LogP contribution in [-0.4, -0.2) is 84.8 Å². The monoisotopic (exact) mass is 488 g/mol. The molecule has 0 radical (unpaired) electrons. The summed E-state index contributed by atoms with van der Waals surface area (Å²) < 4.78 is 45.6. The molecule has 182 valence electrons. The molecule has 0 atom stereocenters. The number of aromatic nitrogens is 4. The van der Waals surface area contributed by atoms with Crippen molar-refractivity contribution in [3.05, 3.63) is 48.3 Å². The van der Waals surface area contributed by atoms with E-state index in [4.69, 9.17) is 14.2 Å². The Balaban J connectivity index is 1.42. The standard InChI is InChI=1S/C22H28N6O5S/c1-4-33-18-7-5-17(6-8-18)28-22(23-24-25-28)16-26-11-13-27(14-12-26)34(29,30)21-10-9-19(31-2)15-20(21)32-3/h5-10,15H,4,11-14,16H2,1-3H3. The van der Waals surface area contributed by atoms with Gasteiger partial charge in [-0.15, -0.1) is 5.10 Å². The second-order valence-corrected chi connectivity index (χ2v) is 9.54. The fraction of sp³-hybridized carbons (Fsp3) is 0.409. The van der Waals surface area contributed by atoms with E-state index in [1.807, 2.05) is 31.2 Å². The van der Waals surface area contributed by atoms with Crippen molar-refractivity contribution in [2.75, 3.05) is 47.0 Å². The van der Waals surface area contributed by atoms with E-state index in [2.05, 4.69) is 20.4 Å². The molecule has 1 fully saturated rings. The third kappa shape index (κ3) is 4.98. The van der Waals surface area contributed by atoms with Crippen LogP contribution in [0.4, 0.5) is 0 Å². The molecular weight excluding hydrogens is 460 g/mol. The van der Waals surface area contributed by atoms with Gasteiger partial charge in [-0.3, -0.25) is 4.90 Å². The average Bonchev–Trinajstić information content (AvgIpc) is 3.32. The van der Waals surface area contributed by atoms with Gasteiger partial charge in [0.15, 0.2) is 5.82 Å². The van der Waals surface area contributed by atoms with Crippen molar-refractivity contribution >= 4 is 10.0 Å². The van der Waals surface area contributed by atoms with Crippen molar-refractivity contribution in [2.24, 2.45) is 0 Å². The highest BCUT2D eigenvalue weighted by Crippen LogP contribution is 2.31. The van der Waals surface area contributed by atoms with Crippen LogP contribution in [0.3, 0.4) is 0 Å². The smallest absolute Gasteiger partial charge is 0.246 e. The van der Waals surface area contributed by atoms with Crippen molar-refractivity contribution in [1.82, 2.24) is 29.4 Å². The van der Waals surface area contributed by atoms with Gasteiger partial charge in [0.25, 0.3) is 0 Å². The van der Waals surface area contributed by atoms with Crippen LogP contribution in [0.2, 0.25) is 0 Å². The molecule has 0 aliphatic carbocycles. The van der Waals surface area contributed by atoms with Crippen LogP contribution >= 0.6 is 0 Å². The van der Waals surface area contributed by atoms with E-state index in [0.717, 1.165) is 11.4 Å². The van der Waals surface area contributed by atoms with Crippen molar-refractivity contribution in [1.29, 1.82) is 0 Å². The Labute approximate surface area is 198 Å². The number of ether oxygens (including phenoxy) is 3. The molecule has 2 heterocycles. The lowest BCUT2D eigenvalue weighted by Gasteiger charge is -2.33. The predicted octanol–water partition coefficient (Wildman–Crippen LogP) is 1.58. The first-order chi connectivity index (χ1) is 16.5. The summed E-state index contributed by atoms with van der Waals surface area (Å²) in [7, 11) is -0.740. The summed E-state index contributed by atoms with van der Waals surface area (Å²) in [6, 6.07) is 12.3. The first kappa shape index (κ1) is 23.9. The van der Waals surface area contributed by atoms with E-state index >= 15 is 0 Å². The Bertz CT molecular complexity index is 1210. The SMILES string of the molecule is CCOc1ccc(-n2nnnc2CN2CCN(S(=O)(=O)c3ccc(OC)cc3OC)CC2)cc1. The number of piperazine rings is 1. The molecule has 1 saturated heterocycles. The summed E-state index contributed by atoms with van der Waals surface area (Å²) >= 11 is 0. The first-order valence-electron chi connectivity index (χ1n) is 10.9. The fourth-order valence-corrected chi connectivity index (χ4v) is 5.37. The van der Waals surface area contributed by atoms with Gasteiger partial charge in [-0.05, 0) is 53.7 Å². The second kappa shape index (κ2) is 10.4. The molecule has 0 amide bonds. The third-order valence-electron chi connectivity index (χ3n) is 5.61. The van der Waals surface area contributed by atoms with E-state index in [9.17, 15) is 8.42 Å². The highest BCUT2D eigenvalue weighted by Gasteiger charge is 2.31. The van der Waals surface area contributed by atoms with E-state index in [-0.39, 0.29) is 10.6 Å². The Morgan fingerprint density at radius 3 is 2.29 bits per heavy atom. The molecule has 1 aliphatic heterocycles. The molecule has 4 rings (SSSR count). The number of methoxy groups -OCH3 is 2. The molecule has 11 nitrogen and oxygen atoms in total. The Hall–Kier alpha value is -3.22. The highest BCUT2D eigenvalue weighted by atomic mass is 32.2. The topological polar surface area (TPSA) is 112 Å². The number of hydrogen-bond donors (Lipinski definition) is 0. The fourth-order valence-electron chi connectivity index (χ4n) is 3.81. The van der Waals surface area contributed by atoms with E-state index in [0.29, 0.717) is 50.9 Å². The maximum Gasteiger partial charge on any atom is 0.246 e. The van der Waals surface area contributed by atoms with E-state index in [1.54, 1.807) is 16.8 Å². The maximum absolute atomic E-state index is 13.2. The van der Waals surface area contributed by atoms with E-state index < -0.39 is 10.0 Å². The van der Waals surface area contributed by atoms with Crippen molar-refractivity contribution < 1.29 is 22.6 Å². The number of nitrogens with zero attached hydrogens (tertiary/aromatic N) is 6. The van der Waals surface area contributed by atoms with Gasteiger partial charge in [-0.2, -0.15) is 8.99 Å². The number of hydrogen-bond acceptors (Lipinski definition) is 9. The zero-order valence-corrected chi connectivity index (χ0v) is 20.2. The van der Waals surface area contributed by atoms with Crippen LogP contribution < -0.4 is 14.2 Å². The zero-order valence-electron chi connectivity index (χ0n) is 19.4. The van der Waals surface area contributed by atoms with Crippen LogP contribution in [0.5, 0.6) is 17.2 Å². The molecule has 1 aromatic heterocycles. The highest BCUT2D eigenvalue weighted by molar-refractivity contribution is 7.89. The van der Waals surface area contributed by atoms with Crippen molar-refractivity contribution in [3.8, 4) is 22.9 Å². The van der Waals surface area contributed by atoms with Gasteiger partial charge in [0.05, 0.1) is 33.1 Å². The molecule has 0 saturated carbocycles. The van der Waals surface area contributed by atoms with Gasteiger partial charge < -0.3 is 14.2 Å². The molecule has 1 aliphatic rings. The van der Waals surface area contributed by atoms with Gasteiger partial charge >= 0.3 is 0 Å². The molecule has 12 heteroatoms. The lowest BCUT2D eigenvalue weighted by Crippen LogP contribution is -2.48. The number of rotatable bonds is 9. The van der Waals surface area contributed by atoms with Crippen LogP contribution in [0.25, 0.3) is 5.69 Å². The van der Waals surface area contributed by atoms with Crippen LogP contribution in [0, 0.1) is 0 Å². The lowest BCUT2D eigenvalue weighted by atomic mass is 10.3. The maximum atomic E-state index is 13.2. The molecule has 0 bridgehead atoms. The Morgan fingerprint density at radius 1 is 0.941 bits per heavy atom. The van der Waals surface area contributed by atoms with E-state index in [1.165, 1.54) is 24.6 Å². The summed E-state index contributed by atoms with van der Waals surface area (Å²) in [5.41, 5.74) is 0.830. The molecule has 0 unspecified atom stereocenters. The Kier molecular flexibility index (Phi) is 7.29. The average molecular weight is 489 g/mol. The van der Waals surface area contributed by atoms with Gasteiger partial charge in [0.1, 0.15) is 22.1 Å². The molecule has 2 aromatic carbocycles. The third-order valence-corrected chi connectivity index (χ3v) is 7.55. The summed E-state index contributed by atoms with van der Waals surface area (Å²) in [5.74, 6) is 2.26. The van der Waals surface area contributed by atoms with Crippen molar-refractivity contribution in [2.45, 2.75) is 18.4 Å².